The van der Waals surface area contributed by atoms with Crippen LogP contribution in [-0.4, -0.2) is 37.2 Å². The quantitative estimate of drug-likeness (QED) is 0.0202. The fraction of sp³-hybridized carbons (Fsp3) is 0.780. The van der Waals surface area contributed by atoms with Crippen molar-refractivity contribution in [3.05, 3.63) is 48.6 Å². The molecule has 56 heavy (non-hydrogen) atoms. The number of unbranched alkanes of at least 4 members (excludes halogenated alkanes) is 24. The molecule has 6 nitrogen and oxygen atoms in total. The van der Waals surface area contributed by atoms with E-state index in [1.807, 2.05) is 0 Å². The summed E-state index contributed by atoms with van der Waals surface area (Å²) in [6.45, 7) is 6.44. The molecule has 324 valence electrons. The van der Waals surface area contributed by atoms with Gasteiger partial charge in [-0.25, -0.2) is 0 Å². The van der Waals surface area contributed by atoms with Crippen molar-refractivity contribution < 1.29 is 28.6 Å². The zero-order chi connectivity index (χ0) is 40.8. The molecule has 0 N–H and O–H groups in total. The first-order chi connectivity index (χ1) is 27.5. The zero-order valence-electron chi connectivity index (χ0n) is 36.9. The largest absolute Gasteiger partial charge is 0.462 e. The maximum Gasteiger partial charge on any atom is 0.306 e. The molecule has 0 radical (unpaired) electrons. The van der Waals surface area contributed by atoms with E-state index in [1.54, 1.807) is 0 Å². The Morgan fingerprint density at radius 1 is 0.393 bits per heavy atom. The summed E-state index contributed by atoms with van der Waals surface area (Å²) in [7, 11) is 0. The molecule has 0 aliphatic rings. The van der Waals surface area contributed by atoms with Crippen LogP contribution in [0.1, 0.15) is 233 Å². The molecule has 0 aromatic rings. The first-order valence-electron chi connectivity index (χ1n) is 23.7. The van der Waals surface area contributed by atoms with Crippen LogP contribution in [0.4, 0.5) is 0 Å². The number of ether oxygens (including phenoxy) is 3. The average Bonchev–Trinajstić information content (AvgIpc) is 3.19. The summed E-state index contributed by atoms with van der Waals surface area (Å²) in [5, 5.41) is 0. The molecular weight excluding hydrogens is 697 g/mol. The highest BCUT2D eigenvalue weighted by Gasteiger charge is 2.19. The number of hydrogen-bond donors (Lipinski definition) is 0. The fourth-order valence-electron chi connectivity index (χ4n) is 6.53. The van der Waals surface area contributed by atoms with Gasteiger partial charge in [-0.2, -0.15) is 0 Å². The van der Waals surface area contributed by atoms with E-state index in [1.165, 1.54) is 122 Å². The van der Waals surface area contributed by atoms with Crippen LogP contribution >= 0.6 is 0 Å². The van der Waals surface area contributed by atoms with Crippen LogP contribution in [0.5, 0.6) is 0 Å². The summed E-state index contributed by atoms with van der Waals surface area (Å²) >= 11 is 0. The lowest BCUT2D eigenvalue weighted by molar-refractivity contribution is -0.167. The first kappa shape index (κ1) is 53.4. The lowest BCUT2D eigenvalue weighted by Crippen LogP contribution is -2.30. The maximum atomic E-state index is 12.7. The van der Waals surface area contributed by atoms with E-state index >= 15 is 0 Å². The van der Waals surface area contributed by atoms with E-state index in [0.717, 1.165) is 70.6 Å². The zero-order valence-corrected chi connectivity index (χ0v) is 36.9. The minimum absolute atomic E-state index is 0.0837. The highest BCUT2D eigenvalue weighted by Crippen LogP contribution is 2.15. The number of esters is 3. The molecule has 6 heteroatoms. The Bertz CT molecular complexity index is 996. The van der Waals surface area contributed by atoms with Gasteiger partial charge in [0.05, 0.1) is 0 Å². The number of carbonyl (C=O) groups is 3. The topological polar surface area (TPSA) is 78.9 Å². The Labute approximate surface area is 346 Å². The van der Waals surface area contributed by atoms with Gasteiger partial charge in [-0.3, -0.25) is 14.4 Å². The summed E-state index contributed by atoms with van der Waals surface area (Å²) in [6, 6.07) is 0. The number of allylic oxidation sites excluding steroid dienone is 8. The van der Waals surface area contributed by atoms with Gasteiger partial charge < -0.3 is 14.2 Å². The molecule has 0 aromatic carbocycles. The minimum atomic E-state index is -0.781. The van der Waals surface area contributed by atoms with E-state index in [9.17, 15) is 14.4 Å². The fourth-order valence-corrected chi connectivity index (χ4v) is 6.53. The van der Waals surface area contributed by atoms with Crippen molar-refractivity contribution >= 4 is 17.9 Å². The lowest BCUT2D eigenvalue weighted by atomic mass is 10.1. The van der Waals surface area contributed by atoms with Crippen molar-refractivity contribution in [1.82, 2.24) is 0 Å². The smallest absolute Gasteiger partial charge is 0.306 e. The Kier molecular flexibility index (Phi) is 43.0. The van der Waals surface area contributed by atoms with E-state index in [0.29, 0.717) is 19.3 Å². The van der Waals surface area contributed by atoms with Gasteiger partial charge in [0.15, 0.2) is 6.10 Å². The van der Waals surface area contributed by atoms with Gasteiger partial charge in [0, 0.05) is 19.3 Å². The number of rotatable bonds is 42. The summed E-state index contributed by atoms with van der Waals surface area (Å²) in [5.41, 5.74) is 0. The van der Waals surface area contributed by atoms with Gasteiger partial charge in [0.25, 0.3) is 0 Å². The molecule has 1 unspecified atom stereocenters. The highest BCUT2D eigenvalue weighted by molar-refractivity contribution is 5.71. The Morgan fingerprint density at radius 2 is 0.750 bits per heavy atom. The molecule has 0 saturated carbocycles. The summed E-state index contributed by atoms with van der Waals surface area (Å²) < 4.78 is 16.7. The van der Waals surface area contributed by atoms with E-state index in [-0.39, 0.29) is 31.1 Å². The van der Waals surface area contributed by atoms with E-state index in [4.69, 9.17) is 14.2 Å². The van der Waals surface area contributed by atoms with Crippen LogP contribution in [0.25, 0.3) is 0 Å². The molecule has 0 saturated heterocycles. The van der Waals surface area contributed by atoms with Crippen molar-refractivity contribution in [2.75, 3.05) is 13.2 Å². The van der Waals surface area contributed by atoms with Crippen molar-refractivity contribution in [2.45, 2.75) is 239 Å². The molecule has 0 spiro atoms. The highest BCUT2D eigenvalue weighted by atomic mass is 16.6. The van der Waals surface area contributed by atoms with Gasteiger partial charge in [-0.05, 0) is 70.6 Å². The Balaban J connectivity index is 4.27. The van der Waals surface area contributed by atoms with Crippen LogP contribution in [0, 0.1) is 0 Å². The first-order valence-corrected chi connectivity index (χ1v) is 23.7. The third kappa shape index (κ3) is 42.5. The third-order valence-corrected chi connectivity index (χ3v) is 10.1. The maximum absolute atomic E-state index is 12.7. The standard InChI is InChI=1S/C50H88O6/c1-4-7-10-13-16-19-21-22-23-24-25-26-27-28-29-32-34-37-40-43-49(52)55-46-47(45-54-48(51)42-39-36-33-30-18-15-12-9-6-3)56-50(53)44-41-38-35-31-20-17-14-11-8-5-2/h9,12,16,18-19,21-22,30,47H,4-8,10-11,13-15,17,20,23-29,31-46H2,1-3H3/b12-9-,19-16-,22-21-,30-18-. The second kappa shape index (κ2) is 45.1. The van der Waals surface area contributed by atoms with Crippen molar-refractivity contribution in [2.24, 2.45) is 0 Å². The molecule has 0 fully saturated rings. The lowest BCUT2D eigenvalue weighted by Gasteiger charge is -2.18. The van der Waals surface area contributed by atoms with Gasteiger partial charge in [-0.15, -0.1) is 0 Å². The van der Waals surface area contributed by atoms with Crippen LogP contribution in [0.3, 0.4) is 0 Å². The van der Waals surface area contributed by atoms with Gasteiger partial charge in [0.2, 0.25) is 0 Å². The molecular formula is C50H88O6. The van der Waals surface area contributed by atoms with Gasteiger partial charge in [0.1, 0.15) is 13.2 Å². The van der Waals surface area contributed by atoms with Crippen molar-refractivity contribution in [1.29, 1.82) is 0 Å². The van der Waals surface area contributed by atoms with Gasteiger partial charge >= 0.3 is 17.9 Å². The summed E-state index contributed by atoms with van der Waals surface area (Å²) in [6.07, 6.45) is 52.5. The molecule has 0 heterocycles. The Hall–Kier alpha value is -2.63. The third-order valence-electron chi connectivity index (χ3n) is 10.1. The van der Waals surface area contributed by atoms with Gasteiger partial charge in [-0.1, -0.05) is 191 Å². The number of carbonyl (C=O) groups excluding carboxylic acids is 3. The molecule has 1 atom stereocenters. The molecule has 0 amide bonds. The van der Waals surface area contributed by atoms with Crippen LogP contribution in [-0.2, 0) is 28.6 Å². The normalized spacial score (nSPS) is 12.4. The van der Waals surface area contributed by atoms with Crippen molar-refractivity contribution in [3.8, 4) is 0 Å². The monoisotopic (exact) mass is 785 g/mol. The predicted molar refractivity (Wildman–Crippen MR) is 238 cm³/mol. The summed E-state index contributed by atoms with van der Waals surface area (Å²) in [4.78, 5) is 37.7. The second-order valence-electron chi connectivity index (χ2n) is 15.7. The molecule has 0 bridgehead atoms. The minimum Gasteiger partial charge on any atom is -0.462 e. The predicted octanol–water partition coefficient (Wildman–Crippen LogP) is 15.1. The molecule has 0 aromatic heterocycles. The SMILES string of the molecule is CC/C=C\C/C=C\CCCCC(=O)OCC(COC(=O)CCCCCCCCCCCC/C=C\C=C/CCCCC)OC(=O)CCCCCCCCCCCC. The van der Waals surface area contributed by atoms with E-state index < -0.39 is 6.10 Å². The molecule has 0 rings (SSSR count). The molecule has 0 aliphatic carbocycles. The van der Waals surface area contributed by atoms with E-state index in [2.05, 4.69) is 69.4 Å². The van der Waals surface area contributed by atoms with Crippen LogP contribution in [0.15, 0.2) is 48.6 Å². The van der Waals surface area contributed by atoms with Crippen LogP contribution < -0.4 is 0 Å². The number of hydrogen-bond acceptors (Lipinski definition) is 6. The Morgan fingerprint density at radius 3 is 1.25 bits per heavy atom. The average molecular weight is 785 g/mol. The second-order valence-corrected chi connectivity index (χ2v) is 15.7. The van der Waals surface area contributed by atoms with Crippen molar-refractivity contribution in [3.63, 3.8) is 0 Å². The van der Waals surface area contributed by atoms with Crippen LogP contribution in [0.2, 0.25) is 0 Å². The molecule has 0 aliphatic heterocycles. The summed E-state index contributed by atoms with van der Waals surface area (Å²) in [5.74, 6) is -0.926.